The Morgan fingerprint density at radius 2 is 1.81 bits per heavy atom. The molecule has 170 valence electrons. The van der Waals surface area contributed by atoms with E-state index < -0.39 is 5.41 Å². The standard InChI is InChI=1S/C24H30ClN5O2/c1-14(31)29-11-15-6-24(4,7-16(15)12-29)22(32)28-21-5-17(19(25)10-26-21)18-9-27-30-13-23(2,3)8-20(18)30/h5,9-10,15-16H,6-8,11-13H2,1-4H3,(H,26,28,32)/t15-,16+,24?. The second kappa shape index (κ2) is 7.30. The van der Waals surface area contributed by atoms with E-state index >= 15 is 0 Å². The van der Waals surface area contributed by atoms with Crippen molar-refractivity contribution < 1.29 is 9.59 Å². The van der Waals surface area contributed by atoms with Crippen LogP contribution in [-0.4, -0.2) is 44.6 Å². The molecular formula is C24H30ClN5O2. The molecule has 0 spiro atoms. The van der Waals surface area contributed by atoms with E-state index in [9.17, 15) is 9.59 Å². The quantitative estimate of drug-likeness (QED) is 0.758. The molecule has 2 amide bonds. The highest BCUT2D eigenvalue weighted by molar-refractivity contribution is 6.33. The van der Waals surface area contributed by atoms with Crippen LogP contribution in [0.1, 0.15) is 46.2 Å². The Bertz CT molecular complexity index is 1090. The molecule has 0 aromatic carbocycles. The average Bonchev–Trinajstić information content (AvgIpc) is 3.41. The summed E-state index contributed by atoms with van der Waals surface area (Å²) in [6, 6.07) is 1.86. The number of likely N-dealkylation sites (tertiary alicyclic amines) is 1. The lowest BCUT2D eigenvalue weighted by Crippen LogP contribution is -2.35. The Labute approximate surface area is 193 Å². The molecule has 3 atom stereocenters. The van der Waals surface area contributed by atoms with Crippen LogP contribution in [0.5, 0.6) is 0 Å². The first-order valence-corrected chi connectivity index (χ1v) is 11.7. The van der Waals surface area contributed by atoms with E-state index in [1.54, 1.807) is 13.1 Å². The van der Waals surface area contributed by atoms with Crippen LogP contribution in [-0.2, 0) is 22.6 Å². The van der Waals surface area contributed by atoms with Crippen molar-refractivity contribution in [2.45, 2.75) is 53.5 Å². The summed E-state index contributed by atoms with van der Waals surface area (Å²) in [6.07, 6.45) is 5.98. The van der Waals surface area contributed by atoms with Crippen molar-refractivity contribution in [3.8, 4) is 11.1 Å². The summed E-state index contributed by atoms with van der Waals surface area (Å²) in [5, 5.41) is 8.14. The zero-order chi connectivity index (χ0) is 22.8. The lowest BCUT2D eigenvalue weighted by molar-refractivity contribution is -0.128. The third-order valence-corrected chi connectivity index (χ3v) is 7.86. The summed E-state index contributed by atoms with van der Waals surface area (Å²) < 4.78 is 2.05. The fourth-order valence-corrected chi connectivity index (χ4v) is 6.14. The van der Waals surface area contributed by atoms with Gasteiger partial charge in [-0.25, -0.2) is 4.98 Å². The predicted octanol–water partition coefficient (Wildman–Crippen LogP) is 4.01. The SMILES string of the molecule is CC(=O)N1C[C@@H]2CC(C)(C(=O)Nc3cc(-c4cnn5c4CC(C)(C)C5)c(Cl)cn3)C[C@@H]2C1. The van der Waals surface area contributed by atoms with Gasteiger partial charge in [0.2, 0.25) is 11.8 Å². The Kier molecular flexibility index (Phi) is 4.89. The normalized spacial score (nSPS) is 28.0. The molecule has 2 fully saturated rings. The van der Waals surface area contributed by atoms with E-state index in [1.807, 2.05) is 28.8 Å². The minimum absolute atomic E-state index is 0.0107. The second-order valence-electron chi connectivity index (χ2n) is 10.9. The molecule has 1 saturated carbocycles. The number of halogens is 1. The van der Waals surface area contributed by atoms with Gasteiger partial charge in [0, 0.05) is 55.0 Å². The zero-order valence-corrected chi connectivity index (χ0v) is 19.9. The Morgan fingerprint density at radius 1 is 1.12 bits per heavy atom. The molecule has 2 aromatic heterocycles. The van der Waals surface area contributed by atoms with E-state index in [-0.39, 0.29) is 17.2 Å². The molecule has 4 heterocycles. The third kappa shape index (κ3) is 3.60. The van der Waals surface area contributed by atoms with Gasteiger partial charge in [-0.05, 0) is 42.6 Å². The van der Waals surface area contributed by atoms with Gasteiger partial charge in [0.25, 0.3) is 0 Å². The van der Waals surface area contributed by atoms with Crippen molar-refractivity contribution in [2.24, 2.45) is 22.7 Å². The fourth-order valence-electron chi connectivity index (χ4n) is 5.94. The van der Waals surface area contributed by atoms with Gasteiger partial charge in [-0.2, -0.15) is 5.10 Å². The number of rotatable bonds is 3. The molecule has 32 heavy (non-hydrogen) atoms. The highest BCUT2D eigenvalue weighted by atomic mass is 35.5. The molecule has 1 N–H and O–H groups in total. The molecule has 7 nitrogen and oxygen atoms in total. The maximum atomic E-state index is 13.3. The molecule has 3 aliphatic rings. The molecular weight excluding hydrogens is 426 g/mol. The maximum absolute atomic E-state index is 13.3. The number of fused-ring (bicyclic) bond motifs is 2. The average molecular weight is 456 g/mol. The van der Waals surface area contributed by atoms with E-state index in [0.717, 1.165) is 50.0 Å². The third-order valence-electron chi connectivity index (χ3n) is 7.55. The molecule has 0 radical (unpaired) electrons. The Balaban J connectivity index is 1.34. The number of carbonyl (C=O) groups is 2. The number of amides is 2. The molecule has 2 aliphatic heterocycles. The summed E-state index contributed by atoms with van der Waals surface area (Å²) in [4.78, 5) is 31.2. The van der Waals surface area contributed by atoms with E-state index in [0.29, 0.717) is 22.7 Å². The van der Waals surface area contributed by atoms with E-state index in [4.69, 9.17) is 11.6 Å². The van der Waals surface area contributed by atoms with Crippen LogP contribution in [0, 0.1) is 22.7 Å². The molecule has 8 heteroatoms. The summed E-state index contributed by atoms with van der Waals surface area (Å²) >= 11 is 6.51. The van der Waals surface area contributed by atoms with Crippen LogP contribution in [0.3, 0.4) is 0 Å². The van der Waals surface area contributed by atoms with Crippen LogP contribution in [0.2, 0.25) is 5.02 Å². The number of hydrogen-bond acceptors (Lipinski definition) is 4. The predicted molar refractivity (Wildman–Crippen MR) is 123 cm³/mol. The number of nitrogens with zero attached hydrogens (tertiary/aromatic N) is 4. The number of carbonyl (C=O) groups excluding carboxylic acids is 2. The molecule has 2 aromatic rings. The smallest absolute Gasteiger partial charge is 0.231 e. The topological polar surface area (TPSA) is 80.1 Å². The molecule has 0 bridgehead atoms. The summed E-state index contributed by atoms with van der Waals surface area (Å²) in [6.45, 7) is 10.5. The van der Waals surface area contributed by atoms with Crippen molar-refractivity contribution in [3.05, 3.63) is 29.2 Å². The van der Waals surface area contributed by atoms with Gasteiger partial charge in [0.1, 0.15) is 5.82 Å². The second-order valence-corrected chi connectivity index (χ2v) is 11.3. The van der Waals surface area contributed by atoms with Gasteiger partial charge in [0.15, 0.2) is 0 Å². The number of nitrogens with one attached hydrogen (secondary N) is 1. The maximum Gasteiger partial charge on any atom is 0.231 e. The monoisotopic (exact) mass is 455 g/mol. The van der Waals surface area contributed by atoms with E-state index in [2.05, 4.69) is 29.2 Å². The molecule has 1 unspecified atom stereocenters. The van der Waals surface area contributed by atoms with Gasteiger partial charge >= 0.3 is 0 Å². The Hall–Kier alpha value is -2.41. The van der Waals surface area contributed by atoms with Gasteiger partial charge in [-0.3, -0.25) is 14.3 Å². The minimum Gasteiger partial charge on any atom is -0.342 e. The summed E-state index contributed by atoms with van der Waals surface area (Å²) in [5.41, 5.74) is 2.74. The number of hydrogen-bond donors (Lipinski definition) is 1. The fraction of sp³-hybridized carbons (Fsp3) is 0.583. The summed E-state index contributed by atoms with van der Waals surface area (Å²) in [7, 11) is 0. The van der Waals surface area contributed by atoms with Crippen LogP contribution < -0.4 is 5.32 Å². The van der Waals surface area contributed by atoms with Crippen molar-refractivity contribution in [1.82, 2.24) is 19.7 Å². The van der Waals surface area contributed by atoms with Crippen LogP contribution >= 0.6 is 11.6 Å². The zero-order valence-electron chi connectivity index (χ0n) is 19.1. The number of pyridine rings is 1. The molecule has 1 saturated heterocycles. The van der Waals surface area contributed by atoms with Crippen molar-refractivity contribution in [3.63, 3.8) is 0 Å². The Morgan fingerprint density at radius 3 is 2.47 bits per heavy atom. The van der Waals surface area contributed by atoms with Gasteiger partial charge < -0.3 is 10.2 Å². The van der Waals surface area contributed by atoms with Crippen molar-refractivity contribution in [1.29, 1.82) is 0 Å². The highest BCUT2D eigenvalue weighted by Crippen LogP contribution is 2.49. The molecule has 1 aliphatic carbocycles. The lowest BCUT2D eigenvalue weighted by atomic mass is 9.85. The first-order chi connectivity index (χ1) is 15.0. The number of anilines is 1. The van der Waals surface area contributed by atoms with E-state index in [1.165, 1.54) is 5.69 Å². The van der Waals surface area contributed by atoms with Crippen molar-refractivity contribution in [2.75, 3.05) is 18.4 Å². The summed E-state index contributed by atoms with van der Waals surface area (Å²) in [5.74, 6) is 1.40. The van der Waals surface area contributed by atoms with Crippen LogP contribution in [0.15, 0.2) is 18.5 Å². The van der Waals surface area contributed by atoms with Crippen LogP contribution in [0.25, 0.3) is 11.1 Å². The van der Waals surface area contributed by atoms with Gasteiger partial charge in [-0.15, -0.1) is 0 Å². The molecule has 5 rings (SSSR count). The first-order valence-electron chi connectivity index (χ1n) is 11.3. The van der Waals surface area contributed by atoms with Gasteiger partial charge in [0.05, 0.1) is 11.2 Å². The number of aromatic nitrogens is 3. The lowest BCUT2D eigenvalue weighted by Gasteiger charge is -2.25. The van der Waals surface area contributed by atoms with Gasteiger partial charge in [-0.1, -0.05) is 32.4 Å². The highest BCUT2D eigenvalue weighted by Gasteiger charge is 2.50. The largest absolute Gasteiger partial charge is 0.342 e. The minimum atomic E-state index is -0.456. The van der Waals surface area contributed by atoms with Crippen LogP contribution in [0.4, 0.5) is 5.82 Å². The van der Waals surface area contributed by atoms with Crippen molar-refractivity contribution >= 4 is 29.2 Å². The first kappa shape index (κ1) is 21.4.